The van der Waals surface area contributed by atoms with E-state index in [4.69, 9.17) is 0 Å². The molecule has 1 fully saturated rings. The molecule has 0 aliphatic carbocycles. The summed E-state index contributed by atoms with van der Waals surface area (Å²) in [5.41, 5.74) is 1.55. The van der Waals surface area contributed by atoms with Crippen LogP contribution < -0.4 is 5.32 Å². The lowest BCUT2D eigenvalue weighted by atomic mass is 10.1. The Kier molecular flexibility index (Phi) is 5.22. The molecule has 0 radical (unpaired) electrons. The quantitative estimate of drug-likeness (QED) is 0.898. The lowest BCUT2D eigenvalue weighted by Crippen LogP contribution is -2.36. The van der Waals surface area contributed by atoms with E-state index in [1.165, 1.54) is 33.8 Å². The molecule has 1 aromatic heterocycles. The fourth-order valence-electron chi connectivity index (χ4n) is 2.96. The third kappa shape index (κ3) is 3.62. The van der Waals surface area contributed by atoms with Gasteiger partial charge >= 0.3 is 0 Å². The van der Waals surface area contributed by atoms with Gasteiger partial charge in [-0.1, -0.05) is 32.0 Å². The Hall–Kier alpha value is -0.550. The maximum atomic E-state index is 3.50. The molecule has 2 aromatic rings. The first-order valence-corrected chi connectivity index (χ1v) is 9.68. The van der Waals surface area contributed by atoms with Crippen molar-refractivity contribution in [1.29, 1.82) is 0 Å². The molecule has 1 aromatic carbocycles. The van der Waals surface area contributed by atoms with Crippen LogP contribution in [0.5, 0.6) is 0 Å². The fourth-order valence-corrected chi connectivity index (χ4v) is 5.23. The number of nitrogens with one attached hydrogen (secondary N) is 1. The standard InChI is InChI=1S/C17H24N2S2/c1-3-18-10-17-15(12-19-8-9-20-13(2)11-19)14-6-4-5-7-16(14)21-17/h4-7,13,18H,3,8-12H2,1-2H3. The molecular formula is C17H24N2S2. The second-order valence-corrected chi connectivity index (χ2v) is 8.38. The molecule has 1 unspecified atom stereocenters. The van der Waals surface area contributed by atoms with E-state index in [1.807, 2.05) is 11.3 Å². The average molecular weight is 321 g/mol. The van der Waals surface area contributed by atoms with Gasteiger partial charge in [-0.25, -0.2) is 0 Å². The van der Waals surface area contributed by atoms with Gasteiger partial charge < -0.3 is 5.32 Å². The van der Waals surface area contributed by atoms with E-state index in [0.29, 0.717) is 0 Å². The molecule has 4 heteroatoms. The summed E-state index contributed by atoms with van der Waals surface area (Å²) in [5.74, 6) is 1.27. The van der Waals surface area contributed by atoms with Gasteiger partial charge in [0.05, 0.1) is 0 Å². The number of rotatable bonds is 5. The summed E-state index contributed by atoms with van der Waals surface area (Å²) in [6.07, 6.45) is 0. The summed E-state index contributed by atoms with van der Waals surface area (Å²) >= 11 is 4.06. The Morgan fingerprint density at radius 1 is 1.33 bits per heavy atom. The van der Waals surface area contributed by atoms with Crippen LogP contribution in [-0.2, 0) is 13.1 Å². The highest BCUT2D eigenvalue weighted by Crippen LogP contribution is 2.33. The molecule has 114 valence electrons. The van der Waals surface area contributed by atoms with Crippen LogP contribution in [0.25, 0.3) is 10.1 Å². The number of hydrogen-bond donors (Lipinski definition) is 1. The van der Waals surface area contributed by atoms with Gasteiger partial charge in [0.25, 0.3) is 0 Å². The predicted octanol–water partition coefficient (Wildman–Crippen LogP) is 3.95. The Labute approximate surface area is 135 Å². The smallest absolute Gasteiger partial charge is 0.0349 e. The van der Waals surface area contributed by atoms with Crippen molar-refractivity contribution in [2.75, 3.05) is 25.4 Å². The third-order valence-electron chi connectivity index (χ3n) is 4.02. The van der Waals surface area contributed by atoms with Crippen LogP contribution in [-0.4, -0.2) is 35.5 Å². The van der Waals surface area contributed by atoms with Crippen LogP contribution in [0.4, 0.5) is 0 Å². The summed E-state index contributed by atoms with van der Waals surface area (Å²) < 4.78 is 1.43. The summed E-state index contributed by atoms with van der Waals surface area (Å²) in [6, 6.07) is 8.87. The maximum absolute atomic E-state index is 3.50. The molecule has 1 saturated heterocycles. The van der Waals surface area contributed by atoms with Crippen molar-refractivity contribution in [3.05, 3.63) is 34.7 Å². The molecule has 0 amide bonds. The van der Waals surface area contributed by atoms with Gasteiger partial charge in [0.15, 0.2) is 0 Å². The summed E-state index contributed by atoms with van der Waals surface area (Å²) in [7, 11) is 0. The van der Waals surface area contributed by atoms with Crippen LogP contribution in [0, 0.1) is 0 Å². The molecule has 2 nitrogen and oxygen atoms in total. The zero-order valence-electron chi connectivity index (χ0n) is 12.9. The molecule has 0 bridgehead atoms. The van der Waals surface area contributed by atoms with Gasteiger partial charge in [-0.15, -0.1) is 11.3 Å². The molecular weight excluding hydrogens is 296 g/mol. The van der Waals surface area contributed by atoms with Gasteiger partial charge in [-0.3, -0.25) is 4.90 Å². The second-order valence-electron chi connectivity index (χ2n) is 5.70. The van der Waals surface area contributed by atoms with Crippen molar-refractivity contribution in [3.63, 3.8) is 0 Å². The zero-order chi connectivity index (χ0) is 14.7. The highest BCUT2D eigenvalue weighted by atomic mass is 32.2. The molecule has 3 rings (SSSR count). The number of benzene rings is 1. The largest absolute Gasteiger partial charge is 0.312 e. The first-order chi connectivity index (χ1) is 10.3. The van der Waals surface area contributed by atoms with E-state index in [9.17, 15) is 0 Å². The Morgan fingerprint density at radius 2 is 2.19 bits per heavy atom. The monoisotopic (exact) mass is 320 g/mol. The van der Waals surface area contributed by atoms with Crippen molar-refractivity contribution >= 4 is 33.2 Å². The van der Waals surface area contributed by atoms with Crippen LogP contribution in [0.15, 0.2) is 24.3 Å². The summed E-state index contributed by atoms with van der Waals surface area (Å²) in [5, 5.41) is 5.72. The summed E-state index contributed by atoms with van der Waals surface area (Å²) in [6.45, 7) is 10.1. The topological polar surface area (TPSA) is 15.3 Å². The lowest BCUT2D eigenvalue weighted by molar-refractivity contribution is 0.279. The highest BCUT2D eigenvalue weighted by Gasteiger charge is 2.20. The van der Waals surface area contributed by atoms with Gasteiger partial charge in [-0.2, -0.15) is 11.8 Å². The van der Waals surface area contributed by atoms with Crippen LogP contribution in [0.2, 0.25) is 0 Å². The normalized spacial score (nSPS) is 20.2. The van der Waals surface area contributed by atoms with Gasteiger partial charge in [0.2, 0.25) is 0 Å². The molecule has 21 heavy (non-hydrogen) atoms. The number of hydrogen-bond acceptors (Lipinski definition) is 4. The molecule has 0 spiro atoms. The van der Waals surface area contributed by atoms with E-state index in [1.54, 1.807) is 5.56 Å². The van der Waals surface area contributed by atoms with Crippen LogP contribution in [0.3, 0.4) is 0 Å². The molecule has 0 saturated carbocycles. The minimum Gasteiger partial charge on any atom is -0.312 e. The fraction of sp³-hybridized carbons (Fsp3) is 0.529. The zero-order valence-corrected chi connectivity index (χ0v) is 14.5. The average Bonchev–Trinajstić information content (AvgIpc) is 2.83. The summed E-state index contributed by atoms with van der Waals surface area (Å²) in [4.78, 5) is 4.15. The first kappa shape index (κ1) is 15.3. The Bertz CT molecular complexity index is 593. The van der Waals surface area contributed by atoms with E-state index in [0.717, 1.165) is 24.9 Å². The van der Waals surface area contributed by atoms with Crippen molar-refractivity contribution in [3.8, 4) is 0 Å². The Morgan fingerprint density at radius 3 is 3.00 bits per heavy atom. The lowest BCUT2D eigenvalue weighted by Gasteiger charge is -2.30. The van der Waals surface area contributed by atoms with Crippen LogP contribution in [0.1, 0.15) is 24.3 Å². The highest BCUT2D eigenvalue weighted by molar-refractivity contribution is 7.99. The van der Waals surface area contributed by atoms with Crippen molar-refractivity contribution in [1.82, 2.24) is 10.2 Å². The van der Waals surface area contributed by atoms with Crippen molar-refractivity contribution < 1.29 is 0 Å². The van der Waals surface area contributed by atoms with Crippen LogP contribution >= 0.6 is 23.1 Å². The van der Waals surface area contributed by atoms with Crippen molar-refractivity contribution in [2.45, 2.75) is 32.2 Å². The van der Waals surface area contributed by atoms with Gasteiger partial charge in [-0.05, 0) is 23.6 Å². The number of fused-ring (bicyclic) bond motifs is 1. The molecule has 1 aliphatic rings. The molecule has 1 atom stereocenters. The number of thiophene rings is 1. The van der Waals surface area contributed by atoms with Gasteiger partial charge in [0.1, 0.15) is 0 Å². The Balaban J connectivity index is 1.87. The third-order valence-corrected chi connectivity index (χ3v) is 6.37. The number of thioether (sulfide) groups is 1. The van der Waals surface area contributed by atoms with E-state index in [2.05, 4.69) is 60.1 Å². The molecule has 2 heterocycles. The van der Waals surface area contributed by atoms with E-state index >= 15 is 0 Å². The predicted molar refractivity (Wildman–Crippen MR) is 96.4 cm³/mol. The van der Waals surface area contributed by atoms with E-state index in [-0.39, 0.29) is 0 Å². The SMILES string of the molecule is CCNCc1sc2ccccc2c1CN1CCSC(C)C1. The first-order valence-electron chi connectivity index (χ1n) is 7.82. The van der Waals surface area contributed by atoms with E-state index < -0.39 is 0 Å². The minimum absolute atomic E-state index is 0.765. The number of nitrogens with zero attached hydrogens (tertiary/aromatic N) is 1. The van der Waals surface area contributed by atoms with Gasteiger partial charge in [0, 0.05) is 46.8 Å². The van der Waals surface area contributed by atoms with Crippen molar-refractivity contribution in [2.24, 2.45) is 0 Å². The maximum Gasteiger partial charge on any atom is 0.0349 e. The molecule has 1 aliphatic heterocycles. The molecule has 1 N–H and O–H groups in total. The minimum atomic E-state index is 0.765. The second kappa shape index (κ2) is 7.14.